The Morgan fingerprint density at radius 3 is 1.37 bits per heavy atom. The highest BCUT2D eigenvalue weighted by Crippen LogP contribution is 2.21. The van der Waals surface area contributed by atoms with E-state index < -0.39 is 24.4 Å². The number of fused-ring (bicyclic) bond motifs is 2. The molecule has 0 spiro atoms. The Morgan fingerprint density at radius 2 is 1.03 bits per heavy atom. The van der Waals surface area contributed by atoms with E-state index >= 15 is 0 Å². The van der Waals surface area contributed by atoms with Gasteiger partial charge >= 0.3 is 12.1 Å². The van der Waals surface area contributed by atoms with Crippen LogP contribution in [0.4, 0.5) is 9.59 Å². The van der Waals surface area contributed by atoms with Crippen LogP contribution in [0.2, 0.25) is 0 Å². The summed E-state index contributed by atoms with van der Waals surface area (Å²) >= 11 is 0. The van der Waals surface area contributed by atoms with Gasteiger partial charge in [0, 0.05) is 13.1 Å². The molecule has 4 atom stereocenters. The molecule has 3 aliphatic heterocycles. The SMILES string of the molecule is CC(C)C1NC(=O)[C@@H]2CCCN2C(=O)NC(C(C)C)NC(=O)[C@@H]2CCCN2C(=O)N1. The molecule has 3 saturated heterocycles. The van der Waals surface area contributed by atoms with Crippen molar-refractivity contribution in [3.8, 4) is 0 Å². The number of rotatable bonds is 2. The van der Waals surface area contributed by atoms with Crippen molar-refractivity contribution in [2.75, 3.05) is 13.1 Å². The van der Waals surface area contributed by atoms with Crippen LogP contribution in [-0.4, -0.2) is 71.2 Å². The van der Waals surface area contributed by atoms with Gasteiger partial charge in [0.15, 0.2) is 0 Å². The Labute approximate surface area is 177 Å². The highest BCUT2D eigenvalue weighted by atomic mass is 16.2. The third-order valence-electron chi connectivity index (χ3n) is 6.12. The van der Waals surface area contributed by atoms with Crippen LogP contribution in [0.25, 0.3) is 0 Å². The molecule has 0 aliphatic carbocycles. The van der Waals surface area contributed by atoms with E-state index in [1.165, 1.54) is 9.80 Å². The third-order valence-corrected chi connectivity index (χ3v) is 6.12. The summed E-state index contributed by atoms with van der Waals surface area (Å²) in [5.74, 6) is -0.673. The molecule has 0 saturated carbocycles. The summed E-state index contributed by atoms with van der Waals surface area (Å²) in [5, 5.41) is 11.5. The topological polar surface area (TPSA) is 123 Å². The smallest absolute Gasteiger partial charge is 0.319 e. The van der Waals surface area contributed by atoms with Crippen LogP contribution < -0.4 is 21.3 Å². The van der Waals surface area contributed by atoms with Crippen LogP contribution in [-0.2, 0) is 9.59 Å². The van der Waals surface area contributed by atoms with E-state index in [1.54, 1.807) is 0 Å². The van der Waals surface area contributed by atoms with Crippen LogP contribution in [0, 0.1) is 11.8 Å². The first-order chi connectivity index (χ1) is 14.2. The molecule has 0 aromatic carbocycles. The van der Waals surface area contributed by atoms with E-state index in [2.05, 4.69) is 21.3 Å². The first-order valence-electron chi connectivity index (χ1n) is 10.9. The molecule has 0 radical (unpaired) electrons. The van der Waals surface area contributed by atoms with E-state index in [0.717, 1.165) is 12.8 Å². The molecule has 3 fully saturated rings. The zero-order valence-corrected chi connectivity index (χ0v) is 18.2. The first-order valence-corrected chi connectivity index (χ1v) is 10.9. The van der Waals surface area contributed by atoms with E-state index in [1.807, 2.05) is 27.7 Å². The third kappa shape index (κ3) is 4.62. The molecule has 10 nitrogen and oxygen atoms in total. The van der Waals surface area contributed by atoms with Gasteiger partial charge < -0.3 is 31.1 Å². The van der Waals surface area contributed by atoms with Crippen LogP contribution in [0.3, 0.4) is 0 Å². The number of carbonyl (C=O) groups excluding carboxylic acids is 4. The highest BCUT2D eigenvalue weighted by Gasteiger charge is 2.40. The summed E-state index contributed by atoms with van der Waals surface area (Å²) in [6.45, 7) is 8.53. The van der Waals surface area contributed by atoms with E-state index in [9.17, 15) is 19.2 Å². The predicted octanol–water partition coefficient (Wildman–Crippen LogP) is 0.545. The van der Waals surface area contributed by atoms with Gasteiger partial charge in [-0.15, -0.1) is 0 Å². The summed E-state index contributed by atoms with van der Waals surface area (Å²) in [7, 11) is 0. The lowest BCUT2D eigenvalue weighted by Gasteiger charge is -2.34. The van der Waals surface area contributed by atoms with Crippen LogP contribution in [0.15, 0.2) is 0 Å². The van der Waals surface area contributed by atoms with Gasteiger partial charge in [0.25, 0.3) is 0 Å². The van der Waals surface area contributed by atoms with Crippen LogP contribution in [0.5, 0.6) is 0 Å². The van der Waals surface area contributed by atoms with Crippen LogP contribution >= 0.6 is 0 Å². The van der Waals surface area contributed by atoms with Crippen molar-refractivity contribution in [1.82, 2.24) is 31.1 Å². The van der Waals surface area contributed by atoms with Gasteiger partial charge in [-0.3, -0.25) is 9.59 Å². The number of carbonyl (C=O) groups is 4. The van der Waals surface area contributed by atoms with Crippen molar-refractivity contribution in [2.24, 2.45) is 11.8 Å². The summed E-state index contributed by atoms with van der Waals surface area (Å²) in [6.07, 6.45) is 1.38. The van der Waals surface area contributed by atoms with Gasteiger partial charge in [0.1, 0.15) is 24.4 Å². The molecule has 2 unspecified atom stereocenters. The minimum atomic E-state index is -0.603. The van der Waals surface area contributed by atoms with Gasteiger partial charge in [-0.1, -0.05) is 27.7 Å². The zero-order chi connectivity index (χ0) is 22.0. The molecular weight excluding hydrogens is 388 g/mol. The molecule has 4 N–H and O–H groups in total. The number of hydrogen-bond acceptors (Lipinski definition) is 4. The molecule has 3 rings (SSSR count). The number of urea groups is 2. The van der Waals surface area contributed by atoms with Crippen molar-refractivity contribution in [3.63, 3.8) is 0 Å². The number of nitrogens with zero attached hydrogens (tertiary/aromatic N) is 2. The fraction of sp³-hybridized carbons (Fsp3) is 0.800. The number of nitrogens with one attached hydrogen (secondary N) is 4. The molecule has 0 aromatic rings. The molecule has 3 aliphatic rings. The average Bonchev–Trinajstić information content (AvgIpc) is 3.35. The Kier molecular flexibility index (Phi) is 6.72. The second kappa shape index (κ2) is 9.09. The Balaban J connectivity index is 1.91. The van der Waals surface area contributed by atoms with Gasteiger partial charge in [-0.2, -0.15) is 0 Å². The van der Waals surface area contributed by atoms with Crippen molar-refractivity contribution >= 4 is 23.9 Å². The van der Waals surface area contributed by atoms with Crippen molar-refractivity contribution in [2.45, 2.75) is 77.8 Å². The van der Waals surface area contributed by atoms with E-state index in [0.29, 0.717) is 25.9 Å². The van der Waals surface area contributed by atoms with Crippen molar-refractivity contribution in [3.05, 3.63) is 0 Å². The quantitative estimate of drug-likeness (QED) is 0.519. The molecule has 10 heteroatoms. The lowest BCUT2D eigenvalue weighted by Crippen LogP contribution is -2.63. The minimum Gasteiger partial charge on any atom is -0.334 e. The summed E-state index contributed by atoms with van der Waals surface area (Å²) < 4.78 is 0. The molecule has 3 heterocycles. The van der Waals surface area contributed by atoms with Crippen molar-refractivity contribution < 1.29 is 19.2 Å². The summed E-state index contributed by atoms with van der Waals surface area (Å²) in [6, 6.07) is -1.93. The number of hydrogen-bond donors (Lipinski definition) is 4. The second-order valence-corrected chi connectivity index (χ2v) is 9.06. The van der Waals surface area contributed by atoms with E-state index in [-0.39, 0.29) is 35.7 Å². The maximum atomic E-state index is 13.0. The first kappa shape index (κ1) is 22.2. The van der Waals surface area contributed by atoms with Gasteiger partial charge in [0.05, 0.1) is 0 Å². The van der Waals surface area contributed by atoms with Gasteiger partial charge in [-0.25, -0.2) is 9.59 Å². The predicted molar refractivity (Wildman–Crippen MR) is 110 cm³/mol. The molecular formula is C20H34N6O4. The Bertz CT molecular complexity index is 591. The van der Waals surface area contributed by atoms with Crippen molar-refractivity contribution in [1.29, 1.82) is 0 Å². The maximum Gasteiger partial charge on any atom is 0.319 e. The standard InChI is InChI=1S/C20H34N6O4/c1-11(2)15-21-17(27)13-7-5-10-26(13)20(30)24-16(12(3)4)22-18(28)14-8-6-9-25(14)19(29)23-15/h11-16H,5-10H2,1-4H3,(H,21,27)(H,22,28)(H,23,29)(H,24,30)/t13-,14-,15?,16?/m0/s1. The minimum absolute atomic E-state index is 0.0605. The zero-order valence-electron chi connectivity index (χ0n) is 18.2. The Morgan fingerprint density at radius 1 is 0.667 bits per heavy atom. The maximum absolute atomic E-state index is 13.0. The molecule has 30 heavy (non-hydrogen) atoms. The molecule has 168 valence electrons. The number of amides is 6. The molecule has 6 amide bonds. The Hall–Kier alpha value is -2.52. The monoisotopic (exact) mass is 422 g/mol. The van der Waals surface area contributed by atoms with Crippen LogP contribution in [0.1, 0.15) is 53.4 Å². The highest BCUT2D eigenvalue weighted by molar-refractivity contribution is 5.90. The largest absolute Gasteiger partial charge is 0.334 e. The molecule has 0 aromatic heterocycles. The van der Waals surface area contributed by atoms with E-state index in [4.69, 9.17) is 0 Å². The summed E-state index contributed by atoms with van der Waals surface area (Å²) in [5.41, 5.74) is 0. The normalized spacial score (nSPS) is 31.0. The fourth-order valence-electron chi connectivity index (χ4n) is 4.23. The van der Waals surface area contributed by atoms with Gasteiger partial charge in [-0.05, 0) is 37.5 Å². The molecule has 0 bridgehead atoms. The summed E-state index contributed by atoms with van der Waals surface area (Å²) in [4.78, 5) is 54.8. The fourth-order valence-corrected chi connectivity index (χ4v) is 4.23. The lowest BCUT2D eigenvalue weighted by atomic mass is 10.1. The lowest BCUT2D eigenvalue weighted by molar-refractivity contribution is -0.127. The average molecular weight is 423 g/mol. The van der Waals surface area contributed by atoms with Gasteiger partial charge in [0.2, 0.25) is 11.8 Å². The second-order valence-electron chi connectivity index (χ2n) is 9.06.